The van der Waals surface area contributed by atoms with Gasteiger partial charge in [-0.1, -0.05) is 38.5 Å². The highest BCUT2D eigenvalue weighted by atomic mass is 19.4. The van der Waals surface area contributed by atoms with Crippen molar-refractivity contribution in [2.45, 2.75) is 69.9 Å². The van der Waals surface area contributed by atoms with Gasteiger partial charge in [-0.25, -0.2) is 0 Å². The summed E-state index contributed by atoms with van der Waals surface area (Å²) in [5.41, 5.74) is 0. The van der Waals surface area contributed by atoms with Crippen LogP contribution in [0.4, 0.5) is 22.0 Å². The first-order chi connectivity index (χ1) is 8.31. The van der Waals surface area contributed by atoms with Gasteiger partial charge in [0.25, 0.3) is 0 Å². The van der Waals surface area contributed by atoms with E-state index in [4.69, 9.17) is 5.11 Å². The number of unbranched alkanes of at least 4 members (excludes halogenated alkanes) is 7. The number of hydrogen-bond donors (Lipinski definition) is 1. The minimum absolute atomic E-state index is 0.0941. The molecular formula is C12H21F5O. The van der Waals surface area contributed by atoms with E-state index in [1.165, 1.54) is 0 Å². The van der Waals surface area contributed by atoms with Gasteiger partial charge in [0.15, 0.2) is 0 Å². The second-order valence-electron chi connectivity index (χ2n) is 4.50. The fraction of sp³-hybridized carbons (Fsp3) is 1.00. The predicted molar refractivity (Wildman–Crippen MR) is 59.6 cm³/mol. The van der Waals surface area contributed by atoms with Gasteiger partial charge in [0.1, 0.15) is 0 Å². The zero-order valence-electron chi connectivity index (χ0n) is 10.4. The molecule has 0 aromatic heterocycles. The van der Waals surface area contributed by atoms with E-state index in [2.05, 4.69) is 0 Å². The molecule has 110 valence electrons. The van der Waals surface area contributed by atoms with E-state index in [1.54, 1.807) is 0 Å². The number of aliphatic hydroxyl groups is 1. The number of hydrogen-bond acceptors (Lipinski definition) is 1. The Kier molecular flexibility index (Phi) is 8.48. The Morgan fingerprint density at radius 2 is 1.00 bits per heavy atom. The van der Waals surface area contributed by atoms with E-state index in [1.807, 2.05) is 0 Å². The van der Waals surface area contributed by atoms with Crippen LogP contribution in [0.15, 0.2) is 0 Å². The van der Waals surface area contributed by atoms with Crippen LogP contribution in [0, 0.1) is 0 Å². The minimum atomic E-state index is -5.42. The second-order valence-corrected chi connectivity index (χ2v) is 4.50. The second kappa shape index (κ2) is 8.67. The van der Waals surface area contributed by atoms with Crippen LogP contribution in [0.3, 0.4) is 0 Å². The largest absolute Gasteiger partial charge is 0.453 e. The van der Waals surface area contributed by atoms with Crippen molar-refractivity contribution < 1.29 is 27.1 Å². The third kappa shape index (κ3) is 7.84. The minimum Gasteiger partial charge on any atom is -0.396 e. The third-order valence-corrected chi connectivity index (χ3v) is 2.81. The van der Waals surface area contributed by atoms with Gasteiger partial charge in [-0.2, -0.15) is 22.0 Å². The molecule has 0 fully saturated rings. The molecule has 1 N–H and O–H groups in total. The first kappa shape index (κ1) is 17.6. The quantitative estimate of drug-likeness (QED) is 0.453. The monoisotopic (exact) mass is 276 g/mol. The Balaban J connectivity index is 3.41. The van der Waals surface area contributed by atoms with Crippen molar-refractivity contribution in [3.05, 3.63) is 0 Å². The van der Waals surface area contributed by atoms with Crippen LogP contribution in [0.2, 0.25) is 0 Å². The maximum absolute atomic E-state index is 12.5. The molecule has 0 amide bonds. The van der Waals surface area contributed by atoms with Gasteiger partial charge in [0.2, 0.25) is 0 Å². The van der Waals surface area contributed by atoms with Crippen LogP contribution in [0.1, 0.15) is 57.8 Å². The summed E-state index contributed by atoms with van der Waals surface area (Å²) in [6, 6.07) is 0. The molecule has 6 heteroatoms. The van der Waals surface area contributed by atoms with Gasteiger partial charge in [-0.15, -0.1) is 0 Å². The van der Waals surface area contributed by atoms with Gasteiger partial charge in [0.05, 0.1) is 0 Å². The highest BCUT2D eigenvalue weighted by Crippen LogP contribution is 2.39. The summed E-state index contributed by atoms with van der Waals surface area (Å²) in [5.74, 6) is -4.55. The summed E-state index contributed by atoms with van der Waals surface area (Å²) in [5, 5.41) is 8.52. The van der Waals surface area contributed by atoms with Crippen LogP contribution >= 0.6 is 0 Å². The van der Waals surface area contributed by atoms with Crippen molar-refractivity contribution >= 4 is 0 Å². The molecule has 0 unspecified atom stereocenters. The highest BCUT2D eigenvalue weighted by molar-refractivity contribution is 4.75. The van der Waals surface area contributed by atoms with Gasteiger partial charge in [-0.05, 0) is 12.8 Å². The summed E-state index contributed by atoms with van der Waals surface area (Å²) in [6.07, 6.45) is -1.07. The lowest BCUT2D eigenvalue weighted by molar-refractivity contribution is -0.284. The average Bonchev–Trinajstić information content (AvgIpc) is 2.25. The van der Waals surface area contributed by atoms with E-state index in [-0.39, 0.29) is 13.0 Å². The van der Waals surface area contributed by atoms with Crippen molar-refractivity contribution in [3.63, 3.8) is 0 Å². The smallest absolute Gasteiger partial charge is 0.396 e. The molecule has 0 heterocycles. The van der Waals surface area contributed by atoms with Crippen molar-refractivity contribution in [1.29, 1.82) is 0 Å². The summed E-state index contributed by atoms with van der Waals surface area (Å²) in [6.45, 7) is 0.173. The molecule has 0 aliphatic rings. The summed E-state index contributed by atoms with van der Waals surface area (Å²) in [7, 11) is 0. The molecule has 0 bridgehead atoms. The number of rotatable bonds is 10. The van der Waals surface area contributed by atoms with Crippen molar-refractivity contribution in [1.82, 2.24) is 0 Å². The molecule has 0 saturated heterocycles. The Hall–Kier alpha value is -0.390. The topological polar surface area (TPSA) is 20.2 Å². The van der Waals surface area contributed by atoms with E-state index >= 15 is 0 Å². The molecule has 0 radical (unpaired) electrons. The van der Waals surface area contributed by atoms with E-state index in [0.717, 1.165) is 32.1 Å². The Morgan fingerprint density at radius 1 is 0.611 bits per heavy atom. The number of alkyl halides is 5. The van der Waals surface area contributed by atoms with Gasteiger partial charge in [-0.3, -0.25) is 0 Å². The van der Waals surface area contributed by atoms with Crippen LogP contribution in [0.25, 0.3) is 0 Å². The molecule has 0 aromatic carbocycles. The van der Waals surface area contributed by atoms with E-state index in [0.29, 0.717) is 12.8 Å². The number of aliphatic hydroxyl groups excluding tert-OH is 1. The molecule has 0 spiro atoms. The summed E-state index contributed by atoms with van der Waals surface area (Å²) in [4.78, 5) is 0. The average molecular weight is 276 g/mol. The fourth-order valence-electron chi connectivity index (χ4n) is 1.66. The van der Waals surface area contributed by atoms with Crippen LogP contribution in [-0.2, 0) is 0 Å². The van der Waals surface area contributed by atoms with Crippen molar-refractivity contribution in [2.24, 2.45) is 0 Å². The third-order valence-electron chi connectivity index (χ3n) is 2.81. The van der Waals surface area contributed by atoms with Crippen LogP contribution in [0.5, 0.6) is 0 Å². The first-order valence-electron chi connectivity index (χ1n) is 6.36. The lowest BCUT2D eigenvalue weighted by Crippen LogP contribution is -2.36. The molecule has 0 aliphatic carbocycles. The number of halogens is 5. The SMILES string of the molecule is OCCCCCCCCCCC(F)(F)C(F)(F)F. The summed E-state index contributed by atoms with van der Waals surface area (Å²) >= 11 is 0. The zero-order chi connectivity index (χ0) is 14.1. The fourth-order valence-corrected chi connectivity index (χ4v) is 1.66. The Morgan fingerprint density at radius 3 is 1.39 bits per heavy atom. The molecule has 18 heavy (non-hydrogen) atoms. The van der Waals surface area contributed by atoms with Gasteiger partial charge < -0.3 is 5.11 Å². The molecule has 0 rings (SSSR count). The molecule has 0 atom stereocenters. The van der Waals surface area contributed by atoms with Crippen molar-refractivity contribution in [2.75, 3.05) is 6.61 Å². The maximum atomic E-state index is 12.5. The molecule has 1 nitrogen and oxygen atoms in total. The molecular weight excluding hydrogens is 255 g/mol. The normalized spacial score (nSPS) is 13.0. The van der Waals surface area contributed by atoms with E-state index in [9.17, 15) is 22.0 Å². The zero-order valence-corrected chi connectivity index (χ0v) is 10.4. The molecule has 0 saturated carbocycles. The first-order valence-corrected chi connectivity index (χ1v) is 6.36. The summed E-state index contributed by atoms with van der Waals surface area (Å²) < 4.78 is 60.4. The van der Waals surface area contributed by atoms with Gasteiger partial charge >= 0.3 is 12.1 Å². The van der Waals surface area contributed by atoms with Gasteiger partial charge in [0, 0.05) is 13.0 Å². The Bertz CT molecular complexity index is 203. The molecule has 0 aliphatic heterocycles. The van der Waals surface area contributed by atoms with E-state index < -0.39 is 18.5 Å². The lowest BCUT2D eigenvalue weighted by atomic mass is 10.1. The predicted octanol–water partition coefficient (Wildman–Crippen LogP) is 4.69. The maximum Gasteiger partial charge on any atom is 0.453 e. The highest BCUT2D eigenvalue weighted by Gasteiger charge is 2.56. The lowest BCUT2D eigenvalue weighted by Gasteiger charge is -2.19. The molecule has 0 aromatic rings. The van der Waals surface area contributed by atoms with Crippen molar-refractivity contribution in [3.8, 4) is 0 Å². The van der Waals surface area contributed by atoms with Crippen LogP contribution < -0.4 is 0 Å². The Labute approximate surface area is 104 Å². The standard InChI is InChI=1S/C12H21F5O/c13-11(14,12(15,16)17)9-7-5-3-1-2-4-6-8-10-18/h18H,1-10H2. The van der Waals surface area contributed by atoms with Crippen LogP contribution in [-0.4, -0.2) is 23.8 Å².